The molecule has 0 spiro atoms. The minimum absolute atomic E-state index is 0.282. The average molecular weight is 266 g/mol. The molecular formula is C12H12ClN3O2. The van der Waals surface area contributed by atoms with Gasteiger partial charge in [-0.15, -0.1) is 0 Å². The maximum atomic E-state index is 11.9. The number of halogens is 1. The first kappa shape index (κ1) is 12.4. The molecule has 0 aliphatic rings. The lowest BCUT2D eigenvalue weighted by Crippen LogP contribution is -2.11. The summed E-state index contributed by atoms with van der Waals surface area (Å²) in [5.41, 5.74) is 6.86. The van der Waals surface area contributed by atoms with Crippen LogP contribution in [0.2, 0.25) is 5.02 Å². The molecule has 0 bridgehead atoms. The Hall–Kier alpha value is -2.01. The summed E-state index contributed by atoms with van der Waals surface area (Å²) in [4.78, 5) is 11.9. The largest absolute Gasteiger partial charge is 0.462 e. The Bertz CT molecular complexity index is 567. The molecule has 1 aromatic carbocycles. The van der Waals surface area contributed by atoms with Crippen LogP contribution in [-0.2, 0) is 4.74 Å². The second-order valence-corrected chi connectivity index (χ2v) is 3.98. The molecule has 0 aliphatic heterocycles. The quantitative estimate of drug-likeness (QED) is 0.683. The standard InChI is InChI=1S/C12H12ClN3O2/c1-2-18-12(17)9-6-8(14)7-10(13)11(9)16-5-3-4-15-16/h3-7H,2,14H2,1H3. The van der Waals surface area contributed by atoms with Gasteiger partial charge in [0.2, 0.25) is 0 Å². The predicted molar refractivity (Wildman–Crippen MR) is 68.9 cm³/mol. The third kappa shape index (κ3) is 2.31. The van der Waals surface area contributed by atoms with Crippen molar-refractivity contribution in [3.8, 4) is 5.69 Å². The molecule has 2 rings (SSSR count). The van der Waals surface area contributed by atoms with Crippen molar-refractivity contribution < 1.29 is 9.53 Å². The van der Waals surface area contributed by atoms with Crippen LogP contribution < -0.4 is 5.73 Å². The van der Waals surface area contributed by atoms with Gasteiger partial charge in [-0.1, -0.05) is 11.6 Å². The van der Waals surface area contributed by atoms with Gasteiger partial charge < -0.3 is 10.5 Å². The molecule has 0 fully saturated rings. The zero-order valence-electron chi connectivity index (χ0n) is 9.76. The van der Waals surface area contributed by atoms with E-state index in [9.17, 15) is 4.79 Å². The number of hydrogen-bond donors (Lipinski definition) is 1. The second-order valence-electron chi connectivity index (χ2n) is 3.57. The number of nitrogens with two attached hydrogens (primary N) is 1. The summed E-state index contributed by atoms with van der Waals surface area (Å²) < 4.78 is 6.49. The summed E-state index contributed by atoms with van der Waals surface area (Å²) in [5.74, 6) is -0.475. The van der Waals surface area contributed by atoms with E-state index in [0.717, 1.165) is 0 Å². The lowest BCUT2D eigenvalue weighted by Gasteiger charge is -2.11. The van der Waals surface area contributed by atoms with Crippen LogP contribution in [-0.4, -0.2) is 22.4 Å². The number of benzene rings is 1. The molecule has 2 aromatic rings. The van der Waals surface area contributed by atoms with E-state index >= 15 is 0 Å². The molecule has 0 unspecified atom stereocenters. The van der Waals surface area contributed by atoms with E-state index in [0.29, 0.717) is 22.0 Å². The number of esters is 1. The molecule has 0 radical (unpaired) electrons. The normalized spacial score (nSPS) is 10.3. The van der Waals surface area contributed by atoms with Crippen molar-refractivity contribution >= 4 is 23.3 Å². The fraction of sp³-hybridized carbons (Fsp3) is 0.167. The average Bonchev–Trinajstić information content (AvgIpc) is 2.81. The Kier molecular flexibility index (Phi) is 3.53. The summed E-state index contributed by atoms with van der Waals surface area (Å²) in [5, 5.41) is 4.41. The molecule has 2 N–H and O–H groups in total. The third-order valence-corrected chi connectivity index (χ3v) is 2.60. The monoisotopic (exact) mass is 265 g/mol. The Morgan fingerprint density at radius 3 is 2.94 bits per heavy atom. The number of carbonyl (C=O) groups is 1. The molecule has 0 saturated heterocycles. The van der Waals surface area contributed by atoms with E-state index in [-0.39, 0.29) is 6.61 Å². The molecule has 1 aromatic heterocycles. The lowest BCUT2D eigenvalue weighted by molar-refractivity contribution is 0.0526. The van der Waals surface area contributed by atoms with Gasteiger partial charge in [0.1, 0.15) is 0 Å². The number of ether oxygens (including phenoxy) is 1. The first-order valence-electron chi connectivity index (χ1n) is 5.39. The van der Waals surface area contributed by atoms with Crippen LogP contribution in [0.25, 0.3) is 5.69 Å². The maximum Gasteiger partial charge on any atom is 0.340 e. The molecule has 0 atom stereocenters. The SMILES string of the molecule is CCOC(=O)c1cc(N)cc(Cl)c1-n1cccn1. The van der Waals surface area contributed by atoms with Crippen molar-refractivity contribution in [3.05, 3.63) is 41.2 Å². The Morgan fingerprint density at radius 1 is 1.56 bits per heavy atom. The van der Waals surface area contributed by atoms with Gasteiger partial charge in [0.15, 0.2) is 0 Å². The van der Waals surface area contributed by atoms with Gasteiger partial charge in [-0.25, -0.2) is 9.48 Å². The van der Waals surface area contributed by atoms with Gasteiger partial charge >= 0.3 is 5.97 Å². The smallest absolute Gasteiger partial charge is 0.340 e. The van der Waals surface area contributed by atoms with E-state index in [1.165, 1.54) is 10.7 Å². The first-order chi connectivity index (χ1) is 8.63. The fourth-order valence-electron chi connectivity index (χ4n) is 1.62. The summed E-state index contributed by atoms with van der Waals surface area (Å²) >= 11 is 6.12. The van der Waals surface area contributed by atoms with Gasteiger partial charge in [-0.05, 0) is 25.1 Å². The second kappa shape index (κ2) is 5.10. The molecule has 18 heavy (non-hydrogen) atoms. The number of aromatic nitrogens is 2. The number of nitrogens with zero attached hydrogens (tertiary/aromatic N) is 2. The van der Waals surface area contributed by atoms with Gasteiger partial charge in [-0.3, -0.25) is 0 Å². The van der Waals surface area contributed by atoms with Crippen molar-refractivity contribution in [2.24, 2.45) is 0 Å². The highest BCUT2D eigenvalue weighted by Gasteiger charge is 2.18. The number of anilines is 1. The van der Waals surface area contributed by atoms with E-state index < -0.39 is 5.97 Å². The van der Waals surface area contributed by atoms with Crippen LogP contribution >= 0.6 is 11.6 Å². The van der Waals surface area contributed by atoms with Crippen molar-refractivity contribution in [2.75, 3.05) is 12.3 Å². The van der Waals surface area contributed by atoms with E-state index in [4.69, 9.17) is 22.1 Å². The van der Waals surface area contributed by atoms with Gasteiger partial charge in [0, 0.05) is 18.1 Å². The zero-order valence-corrected chi connectivity index (χ0v) is 10.5. The van der Waals surface area contributed by atoms with Crippen molar-refractivity contribution in [1.82, 2.24) is 9.78 Å². The van der Waals surface area contributed by atoms with Crippen LogP contribution in [0.15, 0.2) is 30.6 Å². The van der Waals surface area contributed by atoms with Crippen LogP contribution in [0.4, 0.5) is 5.69 Å². The number of carbonyl (C=O) groups excluding carboxylic acids is 1. The van der Waals surface area contributed by atoms with Crippen molar-refractivity contribution in [2.45, 2.75) is 6.92 Å². The van der Waals surface area contributed by atoms with Gasteiger partial charge in [0.05, 0.1) is 22.9 Å². The number of rotatable bonds is 3. The first-order valence-corrected chi connectivity index (χ1v) is 5.77. The topological polar surface area (TPSA) is 70.1 Å². The molecule has 6 heteroatoms. The van der Waals surface area contributed by atoms with Crippen LogP contribution in [0, 0.1) is 0 Å². The summed E-state index contributed by atoms with van der Waals surface area (Å²) in [6.45, 7) is 2.02. The molecule has 0 amide bonds. The summed E-state index contributed by atoms with van der Waals surface area (Å²) in [6, 6.07) is 4.84. The van der Waals surface area contributed by atoms with Gasteiger partial charge in [0.25, 0.3) is 0 Å². The fourth-order valence-corrected chi connectivity index (χ4v) is 1.93. The number of hydrogen-bond acceptors (Lipinski definition) is 4. The van der Waals surface area contributed by atoms with Crippen LogP contribution in [0.5, 0.6) is 0 Å². The zero-order chi connectivity index (χ0) is 13.1. The molecule has 5 nitrogen and oxygen atoms in total. The third-order valence-electron chi connectivity index (χ3n) is 2.31. The van der Waals surface area contributed by atoms with E-state index in [1.807, 2.05) is 0 Å². The lowest BCUT2D eigenvalue weighted by atomic mass is 10.1. The highest BCUT2D eigenvalue weighted by atomic mass is 35.5. The molecule has 94 valence electrons. The Morgan fingerprint density at radius 2 is 2.33 bits per heavy atom. The Labute approximate surface area is 109 Å². The van der Waals surface area contributed by atoms with Gasteiger partial charge in [-0.2, -0.15) is 5.10 Å². The van der Waals surface area contributed by atoms with Crippen LogP contribution in [0.1, 0.15) is 17.3 Å². The summed E-state index contributed by atoms with van der Waals surface area (Å²) in [6.07, 6.45) is 3.29. The molecule has 1 heterocycles. The summed E-state index contributed by atoms with van der Waals surface area (Å²) in [7, 11) is 0. The van der Waals surface area contributed by atoms with E-state index in [2.05, 4.69) is 5.10 Å². The highest BCUT2D eigenvalue weighted by Crippen LogP contribution is 2.27. The highest BCUT2D eigenvalue weighted by molar-refractivity contribution is 6.33. The molecule has 0 aliphatic carbocycles. The van der Waals surface area contributed by atoms with Crippen molar-refractivity contribution in [1.29, 1.82) is 0 Å². The predicted octanol–water partition coefficient (Wildman–Crippen LogP) is 2.28. The number of nitrogen functional groups attached to an aromatic ring is 1. The van der Waals surface area contributed by atoms with Crippen molar-refractivity contribution in [3.63, 3.8) is 0 Å². The molecule has 0 saturated carbocycles. The van der Waals surface area contributed by atoms with E-state index in [1.54, 1.807) is 31.5 Å². The minimum Gasteiger partial charge on any atom is -0.462 e. The maximum absolute atomic E-state index is 11.9. The Balaban J connectivity index is 2.59. The molecular weight excluding hydrogens is 254 g/mol. The minimum atomic E-state index is -0.475. The van der Waals surface area contributed by atoms with Crippen LogP contribution in [0.3, 0.4) is 0 Å².